The van der Waals surface area contributed by atoms with Gasteiger partial charge < -0.3 is 10.6 Å². The summed E-state index contributed by atoms with van der Waals surface area (Å²) >= 11 is 0. The fourth-order valence-corrected chi connectivity index (χ4v) is 2.29. The van der Waals surface area contributed by atoms with Gasteiger partial charge in [0.25, 0.3) is 0 Å². The molecule has 94 valence electrons. The van der Waals surface area contributed by atoms with E-state index in [4.69, 9.17) is 0 Å². The number of amides is 1. The van der Waals surface area contributed by atoms with Gasteiger partial charge in [0.15, 0.2) is 0 Å². The zero-order chi connectivity index (χ0) is 12.0. The third-order valence-corrected chi connectivity index (χ3v) is 3.32. The normalized spacial score (nSPS) is 25.8. The maximum atomic E-state index is 11.3. The SMILES string of the molecule is CC1CCCC(NCCNC(=O)C(C)C)C1. The Bertz CT molecular complexity index is 216. The van der Waals surface area contributed by atoms with E-state index in [9.17, 15) is 4.79 Å². The van der Waals surface area contributed by atoms with Crippen LogP contribution < -0.4 is 10.6 Å². The van der Waals surface area contributed by atoms with E-state index in [1.807, 2.05) is 13.8 Å². The van der Waals surface area contributed by atoms with E-state index >= 15 is 0 Å². The highest BCUT2D eigenvalue weighted by Crippen LogP contribution is 2.23. The van der Waals surface area contributed by atoms with Gasteiger partial charge in [-0.25, -0.2) is 0 Å². The van der Waals surface area contributed by atoms with Gasteiger partial charge in [-0.05, 0) is 18.8 Å². The summed E-state index contributed by atoms with van der Waals surface area (Å²) < 4.78 is 0. The zero-order valence-corrected chi connectivity index (χ0v) is 10.9. The van der Waals surface area contributed by atoms with Crippen molar-refractivity contribution in [3.05, 3.63) is 0 Å². The minimum absolute atomic E-state index is 0.0923. The van der Waals surface area contributed by atoms with Crippen molar-refractivity contribution in [1.29, 1.82) is 0 Å². The van der Waals surface area contributed by atoms with Gasteiger partial charge in [-0.15, -0.1) is 0 Å². The summed E-state index contributed by atoms with van der Waals surface area (Å²) in [5.74, 6) is 1.10. The lowest BCUT2D eigenvalue weighted by Crippen LogP contribution is -2.40. The lowest BCUT2D eigenvalue weighted by Gasteiger charge is -2.27. The Morgan fingerprint density at radius 3 is 2.69 bits per heavy atom. The van der Waals surface area contributed by atoms with Gasteiger partial charge >= 0.3 is 0 Å². The average molecular weight is 226 g/mol. The van der Waals surface area contributed by atoms with E-state index in [0.717, 1.165) is 19.0 Å². The third kappa shape index (κ3) is 4.97. The lowest BCUT2D eigenvalue weighted by molar-refractivity contribution is -0.123. The summed E-state index contributed by atoms with van der Waals surface area (Å²) in [7, 11) is 0. The van der Waals surface area contributed by atoms with E-state index in [1.165, 1.54) is 25.7 Å². The van der Waals surface area contributed by atoms with Crippen molar-refractivity contribution in [2.45, 2.75) is 52.5 Å². The van der Waals surface area contributed by atoms with Gasteiger partial charge in [-0.2, -0.15) is 0 Å². The Morgan fingerprint density at radius 1 is 1.31 bits per heavy atom. The van der Waals surface area contributed by atoms with Crippen LogP contribution in [-0.2, 0) is 4.79 Å². The molecular weight excluding hydrogens is 200 g/mol. The molecule has 3 heteroatoms. The number of carbonyl (C=O) groups excluding carboxylic acids is 1. The summed E-state index contributed by atoms with van der Waals surface area (Å²) in [6, 6.07) is 0.666. The molecule has 0 aromatic carbocycles. The van der Waals surface area contributed by atoms with Crippen molar-refractivity contribution in [1.82, 2.24) is 10.6 Å². The Morgan fingerprint density at radius 2 is 2.06 bits per heavy atom. The molecule has 0 bridgehead atoms. The molecule has 0 aliphatic heterocycles. The molecule has 2 atom stereocenters. The molecule has 1 fully saturated rings. The van der Waals surface area contributed by atoms with Crippen LogP contribution in [0.15, 0.2) is 0 Å². The Hall–Kier alpha value is -0.570. The lowest BCUT2D eigenvalue weighted by atomic mass is 9.87. The maximum Gasteiger partial charge on any atom is 0.222 e. The van der Waals surface area contributed by atoms with Crippen molar-refractivity contribution in [2.75, 3.05) is 13.1 Å². The molecule has 0 heterocycles. The minimum atomic E-state index is 0.0923. The fourth-order valence-electron chi connectivity index (χ4n) is 2.29. The molecule has 3 nitrogen and oxygen atoms in total. The fraction of sp³-hybridized carbons (Fsp3) is 0.923. The predicted octanol–water partition coefficient (Wildman–Crippen LogP) is 1.93. The molecule has 0 aromatic heterocycles. The zero-order valence-electron chi connectivity index (χ0n) is 10.9. The molecule has 0 radical (unpaired) electrons. The summed E-state index contributed by atoms with van der Waals surface area (Å²) in [6.07, 6.45) is 5.31. The van der Waals surface area contributed by atoms with Crippen molar-refractivity contribution in [3.8, 4) is 0 Å². The number of hydrogen-bond acceptors (Lipinski definition) is 2. The molecule has 2 unspecified atom stereocenters. The van der Waals surface area contributed by atoms with Crippen LogP contribution in [0.1, 0.15) is 46.5 Å². The first-order valence-corrected chi connectivity index (χ1v) is 6.60. The molecule has 1 saturated carbocycles. The van der Waals surface area contributed by atoms with Crippen molar-refractivity contribution >= 4 is 5.91 Å². The summed E-state index contributed by atoms with van der Waals surface area (Å²) in [5, 5.41) is 6.46. The van der Waals surface area contributed by atoms with Crippen LogP contribution in [-0.4, -0.2) is 25.0 Å². The van der Waals surface area contributed by atoms with Crippen LogP contribution in [0.2, 0.25) is 0 Å². The highest BCUT2D eigenvalue weighted by atomic mass is 16.1. The van der Waals surface area contributed by atoms with E-state index in [0.29, 0.717) is 6.04 Å². The number of carbonyl (C=O) groups is 1. The first-order valence-electron chi connectivity index (χ1n) is 6.60. The maximum absolute atomic E-state index is 11.3. The molecule has 1 rings (SSSR count). The van der Waals surface area contributed by atoms with E-state index in [-0.39, 0.29) is 11.8 Å². The minimum Gasteiger partial charge on any atom is -0.355 e. The summed E-state index contributed by atoms with van der Waals surface area (Å²) in [6.45, 7) is 7.82. The molecule has 0 aromatic rings. The van der Waals surface area contributed by atoms with Crippen molar-refractivity contribution in [3.63, 3.8) is 0 Å². The molecule has 1 aliphatic rings. The predicted molar refractivity (Wildman–Crippen MR) is 67.3 cm³/mol. The second kappa shape index (κ2) is 6.89. The molecule has 16 heavy (non-hydrogen) atoms. The molecule has 0 spiro atoms. The van der Waals surface area contributed by atoms with Crippen LogP contribution in [0.4, 0.5) is 0 Å². The van der Waals surface area contributed by atoms with Crippen LogP contribution in [0.3, 0.4) is 0 Å². The molecule has 0 saturated heterocycles. The van der Waals surface area contributed by atoms with E-state index in [2.05, 4.69) is 17.6 Å². The van der Waals surface area contributed by atoms with Crippen LogP contribution >= 0.6 is 0 Å². The van der Waals surface area contributed by atoms with Crippen LogP contribution in [0, 0.1) is 11.8 Å². The number of nitrogens with one attached hydrogen (secondary N) is 2. The number of rotatable bonds is 5. The summed E-state index contributed by atoms with van der Waals surface area (Å²) in [4.78, 5) is 11.3. The Kier molecular flexibility index (Phi) is 5.81. The van der Waals surface area contributed by atoms with Crippen LogP contribution in [0.5, 0.6) is 0 Å². The van der Waals surface area contributed by atoms with Gasteiger partial charge in [0.1, 0.15) is 0 Å². The first-order chi connectivity index (χ1) is 7.59. The monoisotopic (exact) mass is 226 g/mol. The first kappa shape index (κ1) is 13.5. The van der Waals surface area contributed by atoms with Gasteiger partial charge in [-0.3, -0.25) is 4.79 Å². The topological polar surface area (TPSA) is 41.1 Å². The average Bonchev–Trinajstić information content (AvgIpc) is 2.24. The molecule has 2 N–H and O–H groups in total. The van der Waals surface area contributed by atoms with Crippen LogP contribution in [0.25, 0.3) is 0 Å². The second-order valence-corrected chi connectivity index (χ2v) is 5.37. The van der Waals surface area contributed by atoms with Gasteiger partial charge in [0.05, 0.1) is 0 Å². The second-order valence-electron chi connectivity index (χ2n) is 5.37. The summed E-state index contributed by atoms with van der Waals surface area (Å²) in [5.41, 5.74) is 0. The molecular formula is C13H26N2O. The Labute approximate surface area is 99.4 Å². The van der Waals surface area contributed by atoms with Crippen molar-refractivity contribution < 1.29 is 4.79 Å². The number of hydrogen-bond donors (Lipinski definition) is 2. The molecule has 1 aliphatic carbocycles. The largest absolute Gasteiger partial charge is 0.355 e. The smallest absolute Gasteiger partial charge is 0.222 e. The Balaban J connectivity index is 2.04. The quantitative estimate of drug-likeness (QED) is 0.703. The van der Waals surface area contributed by atoms with Crippen molar-refractivity contribution in [2.24, 2.45) is 11.8 Å². The highest BCUT2D eigenvalue weighted by Gasteiger charge is 2.17. The third-order valence-electron chi connectivity index (χ3n) is 3.32. The van der Waals surface area contributed by atoms with E-state index < -0.39 is 0 Å². The van der Waals surface area contributed by atoms with Gasteiger partial charge in [0, 0.05) is 25.0 Å². The molecule has 1 amide bonds. The van der Waals surface area contributed by atoms with Gasteiger partial charge in [-0.1, -0.05) is 33.6 Å². The highest BCUT2D eigenvalue weighted by molar-refractivity contribution is 5.77. The standard InChI is InChI=1S/C13H26N2O/c1-10(2)13(16)15-8-7-14-12-6-4-5-11(3)9-12/h10-12,14H,4-9H2,1-3H3,(H,15,16). The van der Waals surface area contributed by atoms with E-state index in [1.54, 1.807) is 0 Å². The van der Waals surface area contributed by atoms with Gasteiger partial charge in [0.2, 0.25) is 5.91 Å².